The second kappa shape index (κ2) is 7.66. The molecule has 0 aromatic heterocycles. The third kappa shape index (κ3) is 4.47. The number of likely N-dealkylation sites (tertiary alicyclic amines) is 1. The van der Waals surface area contributed by atoms with Gasteiger partial charge in [-0.2, -0.15) is 0 Å². The molecule has 2 amide bonds. The highest BCUT2D eigenvalue weighted by molar-refractivity contribution is 5.86. The van der Waals surface area contributed by atoms with Gasteiger partial charge in [0.1, 0.15) is 5.75 Å². The van der Waals surface area contributed by atoms with Crippen LogP contribution in [-0.4, -0.2) is 46.6 Å². The average molecular weight is 334 g/mol. The summed E-state index contributed by atoms with van der Waals surface area (Å²) < 4.78 is 5.73. The van der Waals surface area contributed by atoms with Gasteiger partial charge in [-0.3, -0.25) is 9.59 Å². The van der Waals surface area contributed by atoms with E-state index in [1.807, 2.05) is 38.1 Å². The van der Waals surface area contributed by atoms with Crippen molar-refractivity contribution in [2.75, 3.05) is 13.1 Å². The van der Waals surface area contributed by atoms with Crippen LogP contribution in [0.2, 0.25) is 0 Å². The molecule has 1 atom stereocenters. The number of nitrogens with one attached hydrogen (secondary N) is 1. The Balaban J connectivity index is 2.01. The lowest BCUT2D eigenvalue weighted by Gasteiger charge is -2.37. The number of hydrogen-bond acceptors (Lipinski definition) is 4. The van der Waals surface area contributed by atoms with E-state index in [-0.39, 0.29) is 25.1 Å². The molecule has 2 N–H and O–H groups in total. The Kier molecular flexibility index (Phi) is 5.83. The van der Waals surface area contributed by atoms with Crippen molar-refractivity contribution in [1.29, 1.82) is 0 Å². The Labute approximate surface area is 142 Å². The summed E-state index contributed by atoms with van der Waals surface area (Å²) in [5.41, 5.74) is -0.681. The first kappa shape index (κ1) is 18.3. The van der Waals surface area contributed by atoms with Gasteiger partial charge < -0.3 is 20.1 Å². The summed E-state index contributed by atoms with van der Waals surface area (Å²) in [6.07, 6.45) is 0.997. The Bertz CT molecular complexity index is 602. The van der Waals surface area contributed by atoms with Gasteiger partial charge in [-0.1, -0.05) is 18.2 Å². The molecule has 0 saturated carbocycles. The zero-order valence-corrected chi connectivity index (χ0v) is 14.5. The fourth-order valence-electron chi connectivity index (χ4n) is 2.85. The molecule has 1 aliphatic heterocycles. The number of rotatable bonds is 5. The Hall–Kier alpha value is -2.08. The summed E-state index contributed by atoms with van der Waals surface area (Å²) >= 11 is 0. The second-order valence-corrected chi connectivity index (χ2v) is 6.53. The molecule has 1 saturated heterocycles. The highest BCUT2D eigenvalue weighted by Gasteiger charge is 2.40. The highest BCUT2D eigenvalue weighted by Crippen LogP contribution is 2.23. The first-order chi connectivity index (χ1) is 11.3. The van der Waals surface area contributed by atoms with E-state index >= 15 is 0 Å². The van der Waals surface area contributed by atoms with Crippen LogP contribution in [0.25, 0.3) is 0 Å². The molecule has 132 valence electrons. The topological polar surface area (TPSA) is 78.9 Å². The van der Waals surface area contributed by atoms with Crippen LogP contribution in [0.4, 0.5) is 0 Å². The minimum absolute atomic E-state index is 0.0357. The minimum Gasteiger partial charge on any atom is -0.491 e. The lowest BCUT2D eigenvalue weighted by atomic mass is 9.91. The van der Waals surface area contributed by atoms with E-state index in [4.69, 9.17) is 4.74 Å². The van der Waals surface area contributed by atoms with E-state index < -0.39 is 11.5 Å². The first-order valence-corrected chi connectivity index (χ1v) is 8.32. The summed E-state index contributed by atoms with van der Waals surface area (Å²) in [4.78, 5) is 25.5. The van der Waals surface area contributed by atoms with Crippen LogP contribution in [0.5, 0.6) is 5.75 Å². The predicted octanol–water partition coefficient (Wildman–Crippen LogP) is 1.46. The highest BCUT2D eigenvalue weighted by atomic mass is 16.5. The molecule has 1 heterocycles. The van der Waals surface area contributed by atoms with Gasteiger partial charge in [0.25, 0.3) is 5.91 Å². The molecule has 6 nitrogen and oxygen atoms in total. The number of hydrogen-bond donors (Lipinski definition) is 2. The molecule has 1 fully saturated rings. The summed E-state index contributed by atoms with van der Waals surface area (Å²) in [5, 5.41) is 13.4. The van der Waals surface area contributed by atoms with Crippen LogP contribution in [0.1, 0.15) is 39.2 Å². The quantitative estimate of drug-likeness (QED) is 0.854. The van der Waals surface area contributed by atoms with Crippen LogP contribution in [0, 0.1) is 0 Å². The normalized spacial score (nSPS) is 20.8. The maximum atomic E-state index is 12.5. The van der Waals surface area contributed by atoms with Gasteiger partial charge in [-0.15, -0.1) is 0 Å². The molecule has 1 unspecified atom stereocenters. The van der Waals surface area contributed by atoms with Crippen LogP contribution in [-0.2, 0) is 16.1 Å². The van der Waals surface area contributed by atoms with Gasteiger partial charge in [-0.25, -0.2) is 0 Å². The van der Waals surface area contributed by atoms with Gasteiger partial charge in [0, 0.05) is 25.6 Å². The van der Waals surface area contributed by atoms with Crippen molar-refractivity contribution in [3.8, 4) is 5.75 Å². The zero-order valence-electron chi connectivity index (χ0n) is 14.5. The molecular weight excluding hydrogens is 308 g/mol. The van der Waals surface area contributed by atoms with Crippen LogP contribution in [0.15, 0.2) is 24.3 Å². The maximum absolute atomic E-state index is 12.5. The van der Waals surface area contributed by atoms with Gasteiger partial charge >= 0.3 is 0 Å². The number of piperidine rings is 1. The molecule has 0 spiro atoms. The van der Waals surface area contributed by atoms with E-state index in [0.29, 0.717) is 25.1 Å². The Morgan fingerprint density at radius 3 is 2.75 bits per heavy atom. The number of aliphatic hydroxyl groups is 1. The SMILES string of the molecule is CC(=O)N1CCCC(O)(C(=O)NCc2ccccc2OC(C)C)C1. The number of carbonyl (C=O) groups is 2. The zero-order chi connectivity index (χ0) is 17.7. The molecular formula is C18H26N2O4. The molecule has 24 heavy (non-hydrogen) atoms. The molecule has 2 rings (SSSR count). The van der Waals surface area contributed by atoms with E-state index in [1.54, 1.807) is 0 Å². The first-order valence-electron chi connectivity index (χ1n) is 8.32. The van der Waals surface area contributed by atoms with Crippen molar-refractivity contribution in [2.45, 2.75) is 51.9 Å². The molecule has 0 aliphatic carbocycles. The van der Waals surface area contributed by atoms with Crippen molar-refractivity contribution in [3.63, 3.8) is 0 Å². The summed E-state index contributed by atoms with van der Waals surface area (Å²) in [5.74, 6) is 0.137. The van der Waals surface area contributed by atoms with Crippen molar-refractivity contribution >= 4 is 11.8 Å². The number of nitrogens with zero attached hydrogens (tertiary/aromatic N) is 1. The number of carbonyl (C=O) groups excluding carboxylic acids is 2. The van der Waals surface area contributed by atoms with Gasteiger partial charge in [0.2, 0.25) is 5.91 Å². The van der Waals surface area contributed by atoms with Gasteiger partial charge in [-0.05, 0) is 32.8 Å². The van der Waals surface area contributed by atoms with Crippen molar-refractivity contribution in [3.05, 3.63) is 29.8 Å². The van der Waals surface area contributed by atoms with Crippen molar-refractivity contribution < 1.29 is 19.4 Å². The van der Waals surface area contributed by atoms with E-state index in [9.17, 15) is 14.7 Å². The minimum atomic E-state index is -1.53. The number of benzene rings is 1. The third-order valence-corrected chi connectivity index (χ3v) is 4.11. The Morgan fingerprint density at radius 2 is 2.08 bits per heavy atom. The fraction of sp³-hybridized carbons (Fsp3) is 0.556. The second-order valence-electron chi connectivity index (χ2n) is 6.53. The third-order valence-electron chi connectivity index (χ3n) is 4.11. The number of β-amino-alcohol motifs (C(OH)–C–C–N with tert-alkyl or cyclic N) is 1. The standard InChI is InChI=1S/C18H26N2O4/c1-13(2)24-16-8-5-4-7-15(16)11-19-17(22)18(23)9-6-10-20(12-18)14(3)21/h4-5,7-8,13,23H,6,9-12H2,1-3H3,(H,19,22). The van der Waals surface area contributed by atoms with E-state index in [1.165, 1.54) is 11.8 Å². The smallest absolute Gasteiger partial charge is 0.254 e. The summed E-state index contributed by atoms with van der Waals surface area (Å²) in [6, 6.07) is 7.49. The maximum Gasteiger partial charge on any atom is 0.254 e. The van der Waals surface area contributed by atoms with Crippen LogP contribution >= 0.6 is 0 Å². The molecule has 6 heteroatoms. The number of para-hydroxylation sites is 1. The van der Waals surface area contributed by atoms with Crippen LogP contribution < -0.4 is 10.1 Å². The number of ether oxygens (including phenoxy) is 1. The summed E-state index contributed by atoms with van der Waals surface area (Å²) in [6.45, 7) is 6.22. The average Bonchev–Trinajstić information content (AvgIpc) is 2.53. The molecule has 1 aromatic carbocycles. The summed E-state index contributed by atoms with van der Waals surface area (Å²) in [7, 11) is 0. The van der Waals surface area contributed by atoms with E-state index in [0.717, 1.165) is 5.56 Å². The molecule has 0 radical (unpaired) electrons. The van der Waals surface area contributed by atoms with Gasteiger partial charge in [0.15, 0.2) is 5.60 Å². The lowest BCUT2D eigenvalue weighted by Crippen LogP contribution is -2.57. The monoisotopic (exact) mass is 334 g/mol. The fourth-order valence-corrected chi connectivity index (χ4v) is 2.85. The lowest BCUT2D eigenvalue weighted by molar-refractivity contribution is -0.150. The predicted molar refractivity (Wildman–Crippen MR) is 90.5 cm³/mol. The van der Waals surface area contributed by atoms with Gasteiger partial charge in [0.05, 0.1) is 12.6 Å². The largest absolute Gasteiger partial charge is 0.491 e. The number of amides is 2. The van der Waals surface area contributed by atoms with Crippen molar-refractivity contribution in [1.82, 2.24) is 10.2 Å². The molecule has 0 bridgehead atoms. The van der Waals surface area contributed by atoms with Crippen molar-refractivity contribution in [2.24, 2.45) is 0 Å². The molecule has 1 aromatic rings. The Morgan fingerprint density at radius 1 is 1.38 bits per heavy atom. The molecule has 1 aliphatic rings. The van der Waals surface area contributed by atoms with Crippen LogP contribution in [0.3, 0.4) is 0 Å². The van der Waals surface area contributed by atoms with E-state index in [2.05, 4.69) is 5.32 Å².